The van der Waals surface area contributed by atoms with Crippen LogP contribution in [0, 0.1) is 0 Å². The highest BCUT2D eigenvalue weighted by molar-refractivity contribution is 6.36. The van der Waals surface area contributed by atoms with Crippen LogP contribution in [0.25, 0.3) is 10.8 Å². The van der Waals surface area contributed by atoms with Gasteiger partial charge in [-0.05, 0) is 23.8 Å². The number of halogens is 1. The smallest absolute Gasteiger partial charge is 0.0516 e. The highest BCUT2D eigenvalue weighted by Gasteiger charge is 2.04. The molecule has 0 nitrogen and oxygen atoms in total. The molecule has 0 aliphatic heterocycles. The van der Waals surface area contributed by atoms with E-state index in [4.69, 9.17) is 11.6 Å². The minimum atomic E-state index is 0.944. The van der Waals surface area contributed by atoms with Gasteiger partial charge >= 0.3 is 0 Å². The first-order chi connectivity index (χ1) is 8.33. The van der Waals surface area contributed by atoms with Gasteiger partial charge in [0.15, 0.2) is 0 Å². The van der Waals surface area contributed by atoms with Gasteiger partial charge in [0.1, 0.15) is 0 Å². The molecule has 1 heteroatoms. The van der Waals surface area contributed by atoms with Crippen LogP contribution in [-0.4, -0.2) is 0 Å². The van der Waals surface area contributed by atoms with E-state index in [9.17, 15) is 0 Å². The maximum atomic E-state index is 6.45. The number of fused-ring (bicyclic) bond motifs is 1. The number of aryl methyl sites for hydroxylation is 1. The van der Waals surface area contributed by atoms with Gasteiger partial charge in [-0.15, -0.1) is 0 Å². The summed E-state index contributed by atoms with van der Waals surface area (Å²) in [7, 11) is 0. The highest BCUT2D eigenvalue weighted by Crippen LogP contribution is 2.28. The summed E-state index contributed by atoms with van der Waals surface area (Å²) in [6.07, 6.45) is 6.26. The fourth-order valence-electron chi connectivity index (χ4n) is 2.21. The Labute approximate surface area is 109 Å². The third kappa shape index (κ3) is 3.01. The molecular formula is C16H19Cl. The van der Waals surface area contributed by atoms with E-state index in [2.05, 4.69) is 43.3 Å². The molecule has 2 aromatic carbocycles. The van der Waals surface area contributed by atoms with Gasteiger partial charge in [-0.2, -0.15) is 0 Å². The number of unbranched alkanes of at least 4 members (excludes halogenated alkanes) is 3. The van der Waals surface area contributed by atoms with Crippen molar-refractivity contribution in [1.29, 1.82) is 0 Å². The van der Waals surface area contributed by atoms with Gasteiger partial charge in [-0.25, -0.2) is 0 Å². The molecule has 0 heterocycles. The van der Waals surface area contributed by atoms with Crippen LogP contribution in [0.4, 0.5) is 0 Å². The number of rotatable bonds is 5. The van der Waals surface area contributed by atoms with Crippen molar-refractivity contribution in [2.75, 3.05) is 0 Å². The van der Waals surface area contributed by atoms with Crippen molar-refractivity contribution in [2.45, 2.75) is 39.0 Å². The molecule has 2 aromatic rings. The molecule has 0 spiro atoms. The molecule has 0 unspecified atom stereocenters. The van der Waals surface area contributed by atoms with Gasteiger partial charge in [0.25, 0.3) is 0 Å². The van der Waals surface area contributed by atoms with Gasteiger partial charge in [-0.3, -0.25) is 0 Å². The standard InChI is InChI=1S/C16H19Cl/c1-2-3-4-5-9-14-12-11-13-8-6-7-10-15(13)16(14)17/h6-8,10-12H,2-5,9H2,1H3. The van der Waals surface area contributed by atoms with Crippen LogP contribution in [0.1, 0.15) is 38.2 Å². The lowest BCUT2D eigenvalue weighted by atomic mass is 10.0. The van der Waals surface area contributed by atoms with Crippen molar-refractivity contribution in [3.8, 4) is 0 Å². The van der Waals surface area contributed by atoms with E-state index in [1.165, 1.54) is 42.0 Å². The molecule has 0 aliphatic carbocycles. The molecule has 0 fully saturated rings. The van der Waals surface area contributed by atoms with Crippen LogP contribution in [0.5, 0.6) is 0 Å². The van der Waals surface area contributed by atoms with Crippen LogP contribution in [0.15, 0.2) is 36.4 Å². The number of hydrogen-bond donors (Lipinski definition) is 0. The van der Waals surface area contributed by atoms with Crippen LogP contribution in [0.3, 0.4) is 0 Å². The summed E-state index contributed by atoms with van der Waals surface area (Å²) in [5.74, 6) is 0. The number of hydrogen-bond acceptors (Lipinski definition) is 0. The molecule has 17 heavy (non-hydrogen) atoms. The van der Waals surface area contributed by atoms with E-state index in [0.29, 0.717) is 0 Å². The molecule has 90 valence electrons. The summed E-state index contributed by atoms with van der Waals surface area (Å²) in [6, 6.07) is 12.7. The molecule has 0 atom stereocenters. The monoisotopic (exact) mass is 246 g/mol. The SMILES string of the molecule is CCCCCCc1ccc2ccccc2c1Cl. The Balaban J connectivity index is 2.15. The van der Waals surface area contributed by atoms with Crippen molar-refractivity contribution < 1.29 is 0 Å². The van der Waals surface area contributed by atoms with E-state index in [-0.39, 0.29) is 0 Å². The van der Waals surface area contributed by atoms with E-state index in [1.807, 2.05) is 0 Å². The van der Waals surface area contributed by atoms with Crippen LogP contribution >= 0.6 is 11.6 Å². The average molecular weight is 247 g/mol. The van der Waals surface area contributed by atoms with E-state index in [1.54, 1.807) is 0 Å². The van der Waals surface area contributed by atoms with E-state index < -0.39 is 0 Å². The third-order valence-electron chi connectivity index (χ3n) is 3.24. The predicted molar refractivity (Wildman–Crippen MR) is 76.8 cm³/mol. The largest absolute Gasteiger partial charge is 0.0834 e. The second-order valence-electron chi connectivity index (χ2n) is 4.57. The Hall–Kier alpha value is -1.01. The average Bonchev–Trinajstić information content (AvgIpc) is 2.37. The summed E-state index contributed by atoms with van der Waals surface area (Å²) in [4.78, 5) is 0. The Bertz CT molecular complexity index is 488. The maximum Gasteiger partial charge on any atom is 0.0516 e. The van der Waals surface area contributed by atoms with Gasteiger partial charge < -0.3 is 0 Å². The fraction of sp³-hybridized carbons (Fsp3) is 0.375. The van der Waals surface area contributed by atoms with E-state index >= 15 is 0 Å². The van der Waals surface area contributed by atoms with Crippen molar-refractivity contribution in [3.05, 3.63) is 47.0 Å². The molecule has 0 saturated carbocycles. The lowest BCUT2D eigenvalue weighted by Crippen LogP contribution is -1.88. The summed E-state index contributed by atoms with van der Waals surface area (Å²) < 4.78 is 0. The van der Waals surface area contributed by atoms with Gasteiger partial charge in [0, 0.05) is 5.39 Å². The summed E-state index contributed by atoms with van der Waals surface area (Å²) >= 11 is 6.45. The second-order valence-corrected chi connectivity index (χ2v) is 4.95. The van der Waals surface area contributed by atoms with Crippen molar-refractivity contribution in [1.82, 2.24) is 0 Å². The van der Waals surface area contributed by atoms with Crippen LogP contribution in [-0.2, 0) is 6.42 Å². The lowest BCUT2D eigenvalue weighted by Gasteiger charge is -2.07. The molecule has 0 radical (unpaired) electrons. The molecule has 0 aliphatic rings. The third-order valence-corrected chi connectivity index (χ3v) is 3.69. The zero-order valence-electron chi connectivity index (χ0n) is 10.4. The number of benzene rings is 2. The Morgan fingerprint density at radius 1 is 0.941 bits per heavy atom. The minimum Gasteiger partial charge on any atom is -0.0834 e. The Morgan fingerprint density at radius 2 is 1.76 bits per heavy atom. The molecular weight excluding hydrogens is 228 g/mol. The molecule has 0 bridgehead atoms. The summed E-state index contributed by atoms with van der Waals surface area (Å²) in [5.41, 5.74) is 1.29. The fourth-order valence-corrected chi connectivity index (χ4v) is 2.54. The zero-order valence-corrected chi connectivity index (χ0v) is 11.1. The molecule has 0 amide bonds. The molecule has 0 aromatic heterocycles. The van der Waals surface area contributed by atoms with Crippen molar-refractivity contribution in [3.63, 3.8) is 0 Å². The van der Waals surface area contributed by atoms with Gasteiger partial charge in [-0.1, -0.05) is 74.2 Å². The molecule has 2 rings (SSSR count). The first kappa shape index (κ1) is 12.4. The Kier molecular flexibility index (Phi) is 4.44. The predicted octanol–water partition coefficient (Wildman–Crippen LogP) is 5.62. The van der Waals surface area contributed by atoms with Crippen LogP contribution < -0.4 is 0 Å². The van der Waals surface area contributed by atoms with Crippen molar-refractivity contribution >= 4 is 22.4 Å². The highest BCUT2D eigenvalue weighted by atomic mass is 35.5. The molecule has 0 saturated heterocycles. The topological polar surface area (TPSA) is 0 Å². The minimum absolute atomic E-state index is 0.944. The first-order valence-corrected chi connectivity index (χ1v) is 6.87. The van der Waals surface area contributed by atoms with Crippen LogP contribution in [0.2, 0.25) is 5.02 Å². The van der Waals surface area contributed by atoms with E-state index in [0.717, 1.165) is 11.4 Å². The zero-order chi connectivity index (χ0) is 12.1. The normalized spacial score (nSPS) is 10.9. The second kappa shape index (κ2) is 6.07. The maximum absolute atomic E-state index is 6.45. The quantitative estimate of drug-likeness (QED) is 0.601. The first-order valence-electron chi connectivity index (χ1n) is 6.49. The summed E-state index contributed by atoms with van der Waals surface area (Å²) in [6.45, 7) is 2.24. The summed E-state index contributed by atoms with van der Waals surface area (Å²) in [5, 5.41) is 3.36. The molecule has 0 N–H and O–H groups in total. The Morgan fingerprint density at radius 3 is 2.59 bits per heavy atom. The van der Waals surface area contributed by atoms with Gasteiger partial charge in [0.2, 0.25) is 0 Å². The lowest BCUT2D eigenvalue weighted by molar-refractivity contribution is 0.667. The van der Waals surface area contributed by atoms with Gasteiger partial charge in [0.05, 0.1) is 5.02 Å². The van der Waals surface area contributed by atoms with Crippen molar-refractivity contribution in [2.24, 2.45) is 0 Å².